The molecule has 5 nitrogen and oxygen atoms in total. The molecule has 0 aromatic carbocycles. The van der Waals surface area contributed by atoms with Crippen LogP contribution in [0.25, 0.3) is 0 Å². The van der Waals surface area contributed by atoms with Gasteiger partial charge in [0.15, 0.2) is 5.71 Å². The van der Waals surface area contributed by atoms with E-state index in [4.69, 9.17) is 0 Å². The van der Waals surface area contributed by atoms with E-state index in [2.05, 4.69) is 20.3 Å². The van der Waals surface area contributed by atoms with Gasteiger partial charge in [-0.3, -0.25) is 0 Å². The molecule has 0 amide bonds. The van der Waals surface area contributed by atoms with Crippen molar-refractivity contribution in [2.24, 2.45) is 5.10 Å². The largest absolute Gasteiger partial charge is 0.464 e. The molecule has 0 aliphatic carbocycles. The van der Waals surface area contributed by atoms with E-state index in [1.165, 1.54) is 19.4 Å². The van der Waals surface area contributed by atoms with Gasteiger partial charge in [-0.1, -0.05) is 0 Å². The molecule has 1 heterocycles. The summed E-state index contributed by atoms with van der Waals surface area (Å²) in [7, 11) is 1.29. The highest BCUT2D eigenvalue weighted by Gasteiger charge is 2.09. The minimum atomic E-state index is -0.493. The topological polar surface area (TPSA) is 59.9 Å². The van der Waals surface area contributed by atoms with Gasteiger partial charge in [-0.25, -0.2) is 4.79 Å². The van der Waals surface area contributed by atoms with Gasteiger partial charge < -0.3 is 9.57 Å². The van der Waals surface area contributed by atoms with Crippen LogP contribution in [0.4, 0.5) is 0 Å². The maximum absolute atomic E-state index is 10.7. The molecule has 0 saturated heterocycles. The van der Waals surface area contributed by atoms with Gasteiger partial charge in [-0.2, -0.15) is 0 Å². The predicted molar refractivity (Wildman–Crippen MR) is 32.8 cm³/mol. The summed E-state index contributed by atoms with van der Waals surface area (Å²) in [5.41, 5.74) is 2.34. The van der Waals surface area contributed by atoms with E-state index >= 15 is 0 Å². The highest BCUT2D eigenvalue weighted by Crippen LogP contribution is 1.90. The van der Waals surface area contributed by atoms with Crippen LogP contribution in [0.2, 0.25) is 0 Å². The molecule has 54 valence electrons. The second kappa shape index (κ2) is 2.86. The van der Waals surface area contributed by atoms with Gasteiger partial charge in [0.25, 0.3) is 0 Å². The van der Waals surface area contributed by atoms with Crippen LogP contribution in [0.3, 0.4) is 0 Å². The van der Waals surface area contributed by atoms with Gasteiger partial charge >= 0.3 is 5.97 Å². The Morgan fingerprint density at radius 3 is 3.20 bits per heavy atom. The summed E-state index contributed by atoms with van der Waals surface area (Å²) in [6.45, 7) is 0. The van der Waals surface area contributed by atoms with Crippen LogP contribution in [0, 0.1) is 0 Å². The molecule has 0 aromatic heterocycles. The van der Waals surface area contributed by atoms with E-state index in [1.54, 1.807) is 0 Å². The quantitative estimate of drug-likeness (QED) is 0.504. The summed E-state index contributed by atoms with van der Waals surface area (Å²) < 4.78 is 4.37. The first kappa shape index (κ1) is 6.60. The molecular weight excluding hydrogens is 136 g/mol. The first-order valence-corrected chi connectivity index (χ1v) is 2.58. The lowest BCUT2D eigenvalue weighted by molar-refractivity contribution is -0.132. The fraction of sp³-hybridized carbons (Fsp3) is 0.200. The Kier molecular flexibility index (Phi) is 1.89. The fourth-order valence-corrected chi connectivity index (χ4v) is 0.460. The number of nitrogens with one attached hydrogen (secondary N) is 1. The third kappa shape index (κ3) is 1.25. The second-order valence-electron chi connectivity index (χ2n) is 1.50. The van der Waals surface area contributed by atoms with Crippen LogP contribution < -0.4 is 5.59 Å². The molecule has 1 N–H and O–H groups in total. The highest BCUT2D eigenvalue weighted by molar-refractivity contribution is 6.41. The molecule has 0 atom stereocenters. The minimum Gasteiger partial charge on any atom is -0.464 e. The van der Waals surface area contributed by atoms with Gasteiger partial charge in [-0.05, 0) is 0 Å². The minimum absolute atomic E-state index is 0.189. The molecule has 0 fully saturated rings. The molecule has 0 saturated carbocycles. The second-order valence-corrected chi connectivity index (χ2v) is 1.50. The number of carbonyl (C=O) groups is 1. The zero-order chi connectivity index (χ0) is 7.40. The first-order valence-electron chi connectivity index (χ1n) is 2.58. The maximum atomic E-state index is 10.7. The number of ether oxygens (including phenoxy) is 1. The van der Waals surface area contributed by atoms with E-state index in [-0.39, 0.29) is 5.71 Å². The number of rotatable bonds is 1. The molecular formula is C5H6N2O3. The van der Waals surface area contributed by atoms with Gasteiger partial charge in [-0.15, -0.1) is 10.7 Å². The van der Waals surface area contributed by atoms with Crippen LogP contribution in [0.5, 0.6) is 0 Å². The molecule has 1 aliphatic rings. The number of carbonyl (C=O) groups excluding carboxylic acids is 1. The van der Waals surface area contributed by atoms with Gasteiger partial charge in [0.05, 0.1) is 7.11 Å². The smallest absolute Gasteiger partial charge is 0.358 e. The summed E-state index contributed by atoms with van der Waals surface area (Å²) >= 11 is 0. The lowest BCUT2D eigenvalue weighted by Crippen LogP contribution is -2.20. The molecule has 0 radical (unpaired) electrons. The van der Waals surface area contributed by atoms with Crippen molar-refractivity contribution in [3.63, 3.8) is 0 Å². The summed E-state index contributed by atoms with van der Waals surface area (Å²) in [6, 6.07) is 0. The predicted octanol–water partition coefficient (Wildman–Crippen LogP) is -0.436. The van der Waals surface area contributed by atoms with Gasteiger partial charge in [0.2, 0.25) is 0 Å². The van der Waals surface area contributed by atoms with Crippen LogP contribution in [-0.4, -0.2) is 18.8 Å². The highest BCUT2D eigenvalue weighted by atomic mass is 16.7. The van der Waals surface area contributed by atoms with Crippen molar-refractivity contribution >= 4 is 11.7 Å². The third-order valence-electron chi connectivity index (χ3n) is 0.907. The van der Waals surface area contributed by atoms with E-state index < -0.39 is 5.97 Å². The summed E-state index contributed by atoms with van der Waals surface area (Å²) in [6.07, 6.45) is 2.71. The number of nitrogens with zero attached hydrogens (tertiary/aromatic N) is 1. The van der Waals surface area contributed by atoms with E-state index in [1.807, 2.05) is 0 Å². The number of methoxy groups -OCH3 is 1. The SMILES string of the molecule is COC(=O)C1=NNOC=C1. The summed E-state index contributed by atoms with van der Waals surface area (Å²) in [5.74, 6) is -0.493. The average Bonchev–Trinajstić information content (AvgIpc) is 2.05. The number of hydrogen-bond donors (Lipinski definition) is 1. The number of hydrogen-bond acceptors (Lipinski definition) is 5. The lowest BCUT2D eigenvalue weighted by Gasteiger charge is -2.04. The van der Waals surface area contributed by atoms with Gasteiger partial charge in [0.1, 0.15) is 6.26 Å². The molecule has 1 rings (SSSR count). The Morgan fingerprint density at radius 2 is 2.70 bits per heavy atom. The van der Waals surface area contributed by atoms with E-state index in [0.29, 0.717) is 0 Å². The van der Waals surface area contributed by atoms with Crippen molar-refractivity contribution in [3.8, 4) is 0 Å². The van der Waals surface area contributed by atoms with Crippen molar-refractivity contribution in [1.29, 1.82) is 0 Å². The maximum Gasteiger partial charge on any atom is 0.358 e. The van der Waals surface area contributed by atoms with Crippen molar-refractivity contribution in [1.82, 2.24) is 5.59 Å². The standard InChI is InChI=1S/C5H6N2O3/c1-9-5(8)4-2-3-10-7-6-4/h2-3,7H,1H3. The third-order valence-corrected chi connectivity index (χ3v) is 0.907. The molecule has 5 heteroatoms. The number of hydrazone groups is 1. The van der Waals surface area contributed by atoms with Crippen molar-refractivity contribution in [3.05, 3.63) is 12.3 Å². The molecule has 0 unspecified atom stereocenters. The average molecular weight is 142 g/mol. The molecule has 0 spiro atoms. The molecule has 0 aromatic rings. The summed E-state index contributed by atoms with van der Waals surface area (Å²) in [5, 5.41) is 3.48. The van der Waals surface area contributed by atoms with Crippen LogP contribution in [0.15, 0.2) is 17.4 Å². The van der Waals surface area contributed by atoms with E-state index in [9.17, 15) is 4.79 Å². The van der Waals surface area contributed by atoms with Crippen LogP contribution >= 0.6 is 0 Å². The van der Waals surface area contributed by atoms with Crippen molar-refractivity contribution in [2.45, 2.75) is 0 Å². The zero-order valence-electron chi connectivity index (χ0n) is 5.33. The first-order chi connectivity index (χ1) is 4.84. The zero-order valence-corrected chi connectivity index (χ0v) is 5.33. The molecule has 0 bridgehead atoms. The lowest BCUT2D eigenvalue weighted by atomic mass is 10.4. The van der Waals surface area contributed by atoms with Crippen LogP contribution in [-0.2, 0) is 14.4 Å². The van der Waals surface area contributed by atoms with Gasteiger partial charge in [0, 0.05) is 6.08 Å². The Morgan fingerprint density at radius 1 is 1.90 bits per heavy atom. The summed E-state index contributed by atoms with van der Waals surface area (Å²) in [4.78, 5) is 15.1. The molecule has 10 heavy (non-hydrogen) atoms. The molecule has 1 aliphatic heterocycles. The van der Waals surface area contributed by atoms with Crippen molar-refractivity contribution < 1.29 is 14.4 Å². The Hall–Kier alpha value is -1.52. The fourth-order valence-electron chi connectivity index (χ4n) is 0.460. The number of esters is 1. The Labute approximate surface area is 57.3 Å². The van der Waals surface area contributed by atoms with Crippen LogP contribution in [0.1, 0.15) is 0 Å². The Bertz CT molecular complexity index is 197. The van der Waals surface area contributed by atoms with Crippen molar-refractivity contribution in [2.75, 3.05) is 7.11 Å². The Balaban J connectivity index is 2.63. The monoisotopic (exact) mass is 142 g/mol. The normalized spacial score (nSPS) is 14.7. The van der Waals surface area contributed by atoms with E-state index in [0.717, 1.165) is 0 Å².